The van der Waals surface area contributed by atoms with Crippen LogP contribution in [0.2, 0.25) is 0 Å². The Hall–Kier alpha value is 3.30. The monoisotopic (exact) mass is 165 g/mol. The maximum Gasteiger partial charge on any atom is 1.00 e. The smallest absolute Gasteiger partial charge is 1.00 e. The molecule has 0 atom stereocenters. The van der Waals surface area contributed by atoms with Crippen LogP contribution in [0.1, 0.15) is 1.43 Å². The van der Waals surface area contributed by atoms with E-state index in [1.54, 1.807) is 0 Å². The first-order valence-corrected chi connectivity index (χ1v) is 0. The van der Waals surface area contributed by atoms with Crippen molar-refractivity contribution < 1.29 is 62.2 Å². The Labute approximate surface area is 117 Å². The maximum absolute atomic E-state index is 0. The van der Waals surface area contributed by atoms with Crippen molar-refractivity contribution in [2.45, 2.75) is 0 Å². The van der Waals surface area contributed by atoms with Gasteiger partial charge in [-0.1, -0.05) is 0 Å². The minimum Gasteiger partial charge on any atom is -1.00 e. The van der Waals surface area contributed by atoms with E-state index in [0.29, 0.717) is 0 Å². The van der Waals surface area contributed by atoms with Crippen LogP contribution in [0.4, 0.5) is 9.41 Å². The molecule has 0 saturated carbocycles. The minimum atomic E-state index is 0. The molecule has 0 bridgehead atoms. The van der Waals surface area contributed by atoms with Crippen LogP contribution in [0.3, 0.4) is 0 Å². The Balaban J connectivity index is 0. The summed E-state index contributed by atoms with van der Waals surface area (Å²) in [6.07, 6.45) is 0. The fourth-order valence-corrected chi connectivity index (χ4v) is 0. The molecule has 0 unspecified atom stereocenters. The zero-order valence-electron chi connectivity index (χ0n) is 3.82. The zero-order chi connectivity index (χ0) is 0. The molecule has 0 aromatic rings. The van der Waals surface area contributed by atoms with E-state index in [2.05, 4.69) is 0 Å². The van der Waals surface area contributed by atoms with Crippen LogP contribution in [0, 0.1) is 0 Å². The Morgan fingerprint density at radius 2 is 1.00 bits per heavy atom. The van der Waals surface area contributed by atoms with Gasteiger partial charge >= 0.3 is 51.4 Å². The van der Waals surface area contributed by atoms with Crippen molar-refractivity contribution in [3.63, 3.8) is 0 Å². The predicted octanol–water partition coefficient (Wildman–Crippen LogP) is -2.96. The fourth-order valence-electron chi connectivity index (χ4n) is 0. The average molecular weight is 166 g/mol. The number of halogens is 2. The van der Waals surface area contributed by atoms with Gasteiger partial charge in [0.25, 0.3) is 0 Å². The first-order valence-electron chi connectivity index (χ1n) is 0. The molecule has 0 amide bonds. The summed E-state index contributed by atoms with van der Waals surface area (Å²) in [6.45, 7) is 0. The quantitative estimate of drug-likeness (QED) is 0.337. The van der Waals surface area contributed by atoms with Crippen LogP contribution in [-0.4, -0.2) is 58.2 Å². The van der Waals surface area contributed by atoms with E-state index < -0.39 is 0 Å². The van der Waals surface area contributed by atoms with Gasteiger partial charge in [0.05, 0.1) is 0 Å². The van der Waals surface area contributed by atoms with Gasteiger partial charge in [-0.05, 0) is 0 Å². The average Bonchev–Trinajstić information content (AvgIpc) is 0. The van der Waals surface area contributed by atoms with Crippen molar-refractivity contribution >= 4 is 58.2 Å². The Bertz CT molecular complexity index is 9.61. The third kappa shape index (κ3) is 9.00. The van der Waals surface area contributed by atoms with Gasteiger partial charge in [0.15, 0.2) is 0 Å². The summed E-state index contributed by atoms with van der Waals surface area (Å²) in [6, 6.07) is 0. The fraction of sp³-hybridized carbons (Fsp3) is 0. The van der Waals surface area contributed by atoms with E-state index >= 15 is 0 Å². The summed E-state index contributed by atoms with van der Waals surface area (Å²) < 4.78 is 0. The summed E-state index contributed by atoms with van der Waals surface area (Å²) in [5.74, 6) is 0. The largest absolute Gasteiger partial charge is 1.00 e. The second kappa shape index (κ2) is 16.2. The third-order valence-corrected chi connectivity index (χ3v) is 0. The minimum absolute atomic E-state index is 0. The Morgan fingerprint density at radius 1 is 1.00 bits per heavy atom. The molecule has 19 valence electrons. The van der Waals surface area contributed by atoms with E-state index in [0.717, 1.165) is 0 Å². The van der Waals surface area contributed by atoms with Gasteiger partial charge in [0.2, 0.25) is 0 Å². The molecule has 0 N–H and O–H groups in total. The maximum atomic E-state index is 0. The summed E-state index contributed by atoms with van der Waals surface area (Å²) in [5.41, 5.74) is 0. The van der Waals surface area contributed by atoms with Crippen LogP contribution in [0.5, 0.6) is 0 Å². The Morgan fingerprint density at radius 3 is 1.00 bits per heavy atom. The predicted molar refractivity (Wildman–Crippen MR) is 11.9 cm³/mol. The molecule has 1 radical (unpaired) electrons. The van der Waals surface area contributed by atoms with Gasteiger partial charge in [-0.25, -0.2) is 0 Å². The van der Waals surface area contributed by atoms with Crippen LogP contribution in [-0.2, 0) is 0 Å². The van der Waals surface area contributed by atoms with Gasteiger partial charge in [0, 0.05) is 58.2 Å². The first-order chi connectivity index (χ1) is 0. The normalized spacial score (nSPS) is 0. The van der Waals surface area contributed by atoms with E-state index in [1.165, 1.54) is 0 Å². The van der Waals surface area contributed by atoms with Crippen molar-refractivity contribution in [3.05, 3.63) is 0 Å². The molecule has 0 fully saturated rings. The van der Waals surface area contributed by atoms with E-state index in [4.69, 9.17) is 0 Å². The Kier molecular flexibility index (Phi) is 108. The molecule has 0 aliphatic rings. The zero-order valence-corrected chi connectivity index (χ0v) is 10.9. The standard InChI is InChI=1S/2FH.K.Rb.H/h2*1H;;;/q;;+1;;-1. The molecule has 0 saturated heterocycles. The van der Waals surface area contributed by atoms with Crippen LogP contribution in [0.25, 0.3) is 0 Å². The molecule has 0 spiro atoms. The van der Waals surface area contributed by atoms with E-state index in [-0.39, 0.29) is 120 Å². The molecule has 0 aromatic carbocycles. The number of rotatable bonds is 0. The first kappa shape index (κ1) is 26.6. The van der Waals surface area contributed by atoms with Crippen molar-refractivity contribution in [1.82, 2.24) is 0 Å². The van der Waals surface area contributed by atoms with Gasteiger partial charge in [-0.3, -0.25) is 9.41 Å². The molecular formula is H3F2KRb. The number of hydrogen-bond acceptors (Lipinski definition) is 0. The van der Waals surface area contributed by atoms with E-state index in [9.17, 15) is 0 Å². The molecule has 0 nitrogen and oxygen atoms in total. The molecule has 0 aliphatic heterocycles. The molecule has 4 heteroatoms. The summed E-state index contributed by atoms with van der Waals surface area (Å²) >= 11 is 0. The summed E-state index contributed by atoms with van der Waals surface area (Å²) in [7, 11) is 0. The summed E-state index contributed by atoms with van der Waals surface area (Å²) in [4.78, 5) is 0. The molecular weight excluding hydrogens is 163 g/mol. The molecule has 0 heterocycles. The van der Waals surface area contributed by atoms with Crippen LogP contribution in [0.15, 0.2) is 0 Å². The third-order valence-electron chi connectivity index (χ3n) is 0. The van der Waals surface area contributed by atoms with Crippen LogP contribution >= 0.6 is 0 Å². The van der Waals surface area contributed by atoms with Crippen LogP contribution < -0.4 is 51.4 Å². The van der Waals surface area contributed by atoms with Gasteiger partial charge < -0.3 is 1.43 Å². The SMILES string of the molecule is F.F.[H-].[K+].[Rb]. The van der Waals surface area contributed by atoms with Gasteiger partial charge in [-0.2, -0.15) is 0 Å². The van der Waals surface area contributed by atoms with E-state index in [1.807, 2.05) is 0 Å². The molecule has 0 aliphatic carbocycles. The van der Waals surface area contributed by atoms with Gasteiger partial charge in [0.1, 0.15) is 0 Å². The topological polar surface area (TPSA) is 0 Å². The molecule has 4 heavy (non-hydrogen) atoms. The van der Waals surface area contributed by atoms with Gasteiger partial charge in [-0.15, -0.1) is 0 Å². The molecule has 0 rings (SSSR count). The van der Waals surface area contributed by atoms with Crippen molar-refractivity contribution in [2.75, 3.05) is 0 Å². The summed E-state index contributed by atoms with van der Waals surface area (Å²) in [5, 5.41) is 0. The van der Waals surface area contributed by atoms with Crippen molar-refractivity contribution in [3.8, 4) is 0 Å². The van der Waals surface area contributed by atoms with Crippen molar-refractivity contribution in [1.29, 1.82) is 0 Å². The second-order valence-electron chi connectivity index (χ2n) is 0. The second-order valence-corrected chi connectivity index (χ2v) is 0. The van der Waals surface area contributed by atoms with Crippen molar-refractivity contribution in [2.24, 2.45) is 0 Å². The number of hydrogen-bond donors (Lipinski definition) is 0. The molecule has 0 aromatic heterocycles.